The number of fused-ring (bicyclic) bond motifs is 2. The van der Waals surface area contributed by atoms with Crippen molar-refractivity contribution in [2.45, 2.75) is 77.7 Å². The van der Waals surface area contributed by atoms with Crippen molar-refractivity contribution in [3.63, 3.8) is 0 Å². The number of aromatic nitrogens is 2. The molecule has 2 saturated heterocycles. The number of carbonyl (C=O) groups is 1. The number of rotatable bonds is 1. The van der Waals surface area contributed by atoms with Crippen LogP contribution in [0.3, 0.4) is 0 Å². The molecule has 1 atom stereocenters. The number of halogens is 1. The van der Waals surface area contributed by atoms with Gasteiger partial charge in [0.1, 0.15) is 34.8 Å². The Morgan fingerprint density at radius 3 is 2.53 bits per heavy atom. The number of benzene rings is 1. The molecule has 0 bridgehead atoms. The van der Waals surface area contributed by atoms with E-state index in [2.05, 4.69) is 14.9 Å². The number of piperazine rings is 1. The predicted molar refractivity (Wildman–Crippen MR) is 134 cm³/mol. The summed E-state index contributed by atoms with van der Waals surface area (Å²) in [6.07, 6.45) is 1.70. The van der Waals surface area contributed by atoms with Gasteiger partial charge in [0.15, 0.2) is 0 Å². The van der Waals surface area contributed by atoms with Crippen molar-refractivity contribution in [3.8, 4) is 5.75 Å². The fourth-order valence-electron chi connectivity index (χ4n) is 4.83. The molecule has 0 radical (unpaired) electrons. The molecule has 36 heavy (non-hydrogen) atoms. The summed E-state index contributed by atoms with van der Waals surface area (Å²) < 4.78 is 39.9. The summed E-state index contributed by atoms with van der Waals surface area (Å²) in [5.74, 6) is 0.589. The third-order valence-corrected chi connectivity index (χ3v) is 7.44. The lowest BCUT2D eigenvalue weighted by molar-refractivity contribution is 0.00578. The van der Waals surface area contributed by atoms with Crippen LogP contribution in [0, 0.1) is 5.82 Å². The lowest BCUT2D eigenvalue weighted by Crippen LogP contribution is -2.56. The maximum atomic E-state index is 15.9. The zero-order valence-corrected chi connectivity index (χ0v) is 22.1. The Hall–Kier alpha value is -2.66. The van der Waals surface area contributed by atoms with Crippen molar-refractivity contribution >= 4 is 35.4 Å². The van der Waals surface area contributed by atoms with Gasteiger partial charge in [0, 0.05) is 31.5 Å². The van der Waals surface area contributed by atoms with Crippen LogP contribution in [0.25, 0.3) is 10.9 Å². The molecule has 4 heterocycles. The van der Waals surface area contributed by atoms with Crippen LogP contribution in [0.1, 0.15) is 54.9 Å². The number of hydrogen-bond acceptors (Lipinski definition) is 8. The molecule has 0 spiro atoms. The number of amides is 1. The maximum absolute atomic E-state index is 15.9. The Bertz CT molecular complexity index is 1190. The SMILES string of the molecule is CC(C)(C)OC(=O)N1CCN2c3ncnc4c(F)c(B5OC(C)(C)C(C)(C)O5)cc(c34)OCCC2C1. The molecule has 2 fully saturated rings. The van der Waals surface area contributed by atoms with Crippen molar-refractivity contribution in [3.05, 3.63) is 18.2 Å². The van der Waals surface area contributed by atoms with Crippen LogP contribution >= 0.6 is 0 Å². The minimum atomic E-state index is -0.881. The standard InChI is InChI=1S/C25H34BFN4O5/c1-23(2,3)34-22(32)30-9-10-31-15(13-30)8-11-33-17-12-16(26-35-24(4,5)25(6,7)36-26)19(27)20-18(17)21(31)29-14-28-20/h12,14-15H,8-11,13H2,1-7H3. The van der Waals surface area contributed by atoms with Gasteiger partial charge in [-0.3, -0.25) is 0 Å². The summed E-state index contributed by atoms with van der Waals surface area (Å²) >= 11 is 0. The molecule has 9 nitrogen and oxygen atoms in total. The van der Waals surface area contributed by atoms with Gasteiger partial charge in [-0.05, 0) is 54.5 Å². The lowest BCUT2D eigenvalue weighted by atomic mass is 9.77. The first kappa shape index (κ1) is 25.0. The Labute approximate surface area is 211 Å². The van der Waals surface area contributed by atoms with Crippen LogP contribution in [0.15, 0.2) is 12.4 Å². The highest BCUT2D eigenvalue weighted by atomic mass is 19.1. The summed E-state index contributed by atoms with van der Waals surface area (Å²) in [6.45, 7) is 15.1. The van der Waals surface area contributed by atoms with Crippen LogP contribution in [-0.2, 0) is 14.0 Å². The van der Waals surface area contributed by atoms with Gasteiger partial charge in [0.2, 0.25) is 0 Å². The van der Waals surface area contributed by atoms with E-state index in [-0.39, 0.29) is 23.1 Å². The lowest BCUT2D eigenvalue weighted by Gasteiger charge is -2.43. The highest BCUT2D eigenvalue weighted by Gasteiger charge is 2.53. The summed E-state index contributed by atoms with van der Waals surface area (Å²) in [4.78, 5) is 25.4. The Morgan fingerprint density at radius 1 is 1.17 bits per heavy atom. The van der Waals surface area contributed by atoms with E-state index in [1.165, 1.54) is 6.33 Å². The molecule has 1 aromatic heterocycles. The first-order valence-electron chi connectivity index (χ1n) is 12.5. The number of carbonyl (C=O) groups excluding carboxylic acids is 1. The fraction of sp³-hybridized carbons (Fsp3) is 0.640. The van der Waals surface area contributed by atoms with Gasteiger partial charge in [-0.2, -0.15) is 0 Å². The van der Waals surface area contributed by atoms with E-state index in [4.69, 9.17) is 18.8 Å². The van der Waals surface area contributed by atoms with Crippen molar-refractivity contribution < 1.29 is 28.0 Å². The molecule has 1 amide bonds. The summed E-state index contributed by atoms with van der Waals surface area (Å²) in [6, 6.07) is 1.60. The normalized spacial score (nSPS) is 23.1. The van der Waals surface area contributed by atoms with E-state index in [0.29, 0.717) is 49.6 Å². The van der Waals surface area contributed by atoms with Crippen molar-refractivity contribution in [1.82, 2.24) is 14.9 Å². The topological polar surface area (TPSA) is 86.3 Å². The number of hydrogen-bond donors (Lipinski definition) is 0. The van der Waals surface area contributed by atoms with Crippen LogP contribution in [-0.4, -0.2) is 77.2 Å². The van der Waals surface area contributed by atoms with Gasteiger partial charge < -0.3 is 28.6 Å². The van der Waals surface area contributed by atoms with Crippen molar-refractivity contribution in [2.24, 2.45) is 0 Å². The molecule has 11 heteroatoms. The molecule has 194 valence electrons. The average Bonchev–Trinajstić information content (AvgIpc) is 2.99. The third kappa shape index (κ3) is 4.26. The van der Waals surface area contributed by atoms with Crippen LogP contribution in [0.2, 0.25) is 0 Å². The number of nitrogens with zero attached hydrogens (tertiary/aromatic N) is 4. The van der Waals surface area contributed by atoms with Crippen LogP contribution < -0.4 is 15.1 Å². The smallest absolute Gasteiger partial charge is 0.493 e. The highest BCUT2D eigenvalue weighted by molar-refractivity contribution is 6.62. The Balaban J connectivity index is 1.50. The zero-order chi connectivity index (χ0) is 26.0. The Morgan fingerprint density at radius 2 is 1.86 bits per heavy atom. The molecule has 0 saturated carbocycles. The minimum Gasteiger partial charge on any atom is -0.493 e. The molecule has 3 aliphatic rings. The minimum absolute atomic E-state index is 0.0525. The second-order valence-electron chi connectivity index (χ2n) is 11.7. The summed E-state index contributed by atoms with van der Waals surface area (Å²) in [7, 11) is -0.881. The molecule has 3 aliphatic heterocycles. The molecular weight excluding hydrogens is 466 g/mol. The largest absolute Gasteiger partial charge is 0.498 e. The van der Waals surface area contributed by atoms with Gasteiger partial charge in [-0.1, -0.05) is 0 Å². The monoisotopic (exact) mass is 500 g/mol. The quantitative estimate of drug-likeness (QED) is 0.552. The molecule has 1 aromatic carbocycles. The molecule has 0 N–H and O–H groups in total. The van der Waals surface area contributed by atoms with E-state index >= 15 is 4.39 Å². The highest BCUT2D eigenvalue weighted by Crippen LogP contribution is 2.40. The average molecular weight is 500 g/mol. The molecule has 5 rings (SSSR count). The predicted octanol–water partition coefficient (Wildman–Crippen LogP) is 3.28. The summed E-state index contributed by atoms with van der Waals surface area (Å²) in [5, 5.41) is 0.519. The van der Waals surface area contributed by atoms with Crippen LogP contribution in [0.5, 0.6) is 5.75 Å². The molecule has 1 unspecified atom stereocenters. The number of anilines is 1. The maximum Gasteiger partial charge on any atom is 0.498 e. The third-order valence-electron chi connectivity index (χ3n) is 7.44. The van der Waals surface area contributed by atoms with E-state index in [1.54, 1.807) is 11.0 Å². The van der Waals surface area contributed by atoms with Crippen LogP contribution in [0.4, 0.5) is 15.0 Å². The molecule has 0 aliphatic carbocycles. The number of ether oxygens (including phenoxy) is 2. The van der Waals surface area contributed by atoms with E-state index < -0.39 is 29.7 Å². The first-order valence-corrected chi connectivity index (χ1v) is 12.5. The van der Waals surface area contributed by atoms with Gasteiger partial charge in [0.25, 0.3) is 0 Å². The fourth-order valence-corrected chi connectivity index (χ4v) is 4.83. The second kappa shape index (κ2) is 8.44. The molecular formula is C25H34BFN4O5. The first-order chi connectivity index (χ1) is 16.8. The second-order valence-corrected chi connectivity index (χ2v) is 11.7. The van der Waals surface area contributed by atoms with Gasteiger partial charge in [-0.25, -0.2) is 19.2 Å². The van der Waals surface area contributed by atoms with Gasteiger partial charge in [-0.15, -0.1) is 0 Å². The van der Waals surface area contributed by atoms with E-state index in [0.717, 1.165) is 0 Å². The van der Waals surface area contributed by atoms with Gasteiger partial charge in [0.05, 0.1) is 29.2 Å². The van der Waals surface area contributed by atoms with Crippen molar-refractivity contribution in [2.75, 3.05) is 31.1 Å². The zero-order valence-electron chi connectivity index (χ0n) is 22.1. The van der Waals surface area contributed by atoms with Gasteiger partial charge >= 0.3 is 13.2 Å². The molecule has 2 aromatic rings. The van der Waals surface area contributed by atoms with E-state index in [9.17, 15) is 4.79 Å². The summed E-state index contributed by atoms with van der Waals surface area (Å²) in [5.41, 5.74) is -1.36. The van der Waals surface area contributed by atoms with E-state index in [1.807, 2.05) is 48.5 Å². The van der Waals surface area contributed by atoms with Crippen molar-refractivity contribution in [1.29, 1.82) is 0 Å². The Kier molecular flexibility index (Phi) is 5.87.